The molecule has 0 aliphatic carbocycles. The Morgan fingerprint density at radius 3 is 2.65 bits per heavy atom. The smallest absolute Gasteiger partial charge is 0.123 e. The molecule has 1 atom stereocenters. The van der Waals surface area contributed by atoms with Crippen molar-refractivity contribution in [3.63, 3.8) is 0 Å². The first-order valence-corrected chi connectivity index (χ1v) is 7.27. The zero-order valence-corrected chi connectivity index (χ0v) is 12.7. The first-order valence-electron chi connectivity index (χ1n) is 7.27. The van der Waals surface area contributed by atoms with Gasteiger partial charge in [0.2, 0.25) is 0 Å². The van der Waals surface area contributed by atoms with Crippen LogP contribution in [0.3, 0.4) is 0 Å². The third kappa shape index (κ3) is 6.35. The summed E-state index contributed by atoms with van der Waals surface area (Å²) in [7, 11) is 0. The van der Waals surface area contributed by atoms with Gasteiger partial charge in [-0.25, -0.2) is 4.39 Å². The van der Waals surface area contributed by atoms with Crippen LogP contribution in [0.1, 0.15) is 32.8 Å². The average Bonchev–Trinajstić information content (AvgIpc) is 2.40. The lowest BCUT2D eigenvalue weighted by Gasteiger charge is -2.15. The van der Waals surface area contributed by atoms with Crippen molar-refractivity contribution in [3.05, 3.63) is 29.6 Å². The van der Waals surface area contributed by atoms with Gasteiger partial charge in [0.1, 0.15) is 18.2 Å². The summed E-state index contributed by atoms with van der Waals surface area (Å²) in [6.07, 6.45) is 1.48. The van der Waals surface area contributed by atoms with E-state index in [2.05, 4.69) is 13.8 Å². The molecular weight excluding hydrogens is 257 g/mol. The van der Waals surface area contributed by atoms with Crippen molar-refractivity contribution in [1.29, 1.82) is 0 Å². The van der Waals surface area contributed by atoms with Crippen molar-refractivity contribution < 1.29 is 13.9 Å². The number of hydrogen-bond acceptors (Lipinski definition) is 3. The summed E-state index contributed by atoms with van der Waals surface area (Å²) in [6, 6.07) is 4.59. The number of rotatable bonds is 9. The van der Waals surface area contributed by atoms with Gasteiger partial charge in [-0.1, -0.05) is 20.8 Å². The van der Waals surface area contributed by atoms with Crippen LogP contribution in [-0.2, 0) is 11.2 Å². The minimum atomic E-state index is -0.258. The molecule has 0 aliphatic heterocycles. The van der Waals surface area contributed by atoms with E-state index >= 15 is 0 Å². The number of benzene rings is 1. The molecule has 1 unspecified atom stereocenters. The van der Waals surface area contributed by atoms with Crippen molar-refractivity contribution in [2.75, 3.05) is 19.8 Å². The van der Waals surface area contributed by atoms with Crippen molar-refractivity contribution in [1.82, 2.24) is 0 Å². The SMILES string of the molecule is CCC(N)Cc1cc(F)ccc1OCCOCC(C)C. The van der Waals surface area contributed by atoms with Gasteiger partial charge in [0.25, 0.3) is 0 Å². The van der Waals surface area contributed by atoms with Gasteiger partial charge in [0, 0.05) is 12.6 Å². The molecule has 0 amide bonds. The maximum Gasteiger partial charge on any atom is 0.123 e. The van der Waals surface area contributed by atoms with E-state index in [1.54, 1.807) is 6.07 Å². The molecule has 3 nitrogen and oxygen atoms in total. The van der Waals surface area contributed by atoms with Crippen molar-refractivity contribution in [3.8, 4) is 5.75 Å². The van der Waals surface area contributed by atoms with E-state index in [0.717, 1.165) is 18.6 Å². The van der Waals surface area contributed by atoms with Crippen molar-refractivity contribution in [2.45, 2.75) is 39.7 Å². The van der Waals surface area contributed by atoms with Gasteiger partial charge in [-0.15, -0.1) is 0 Å². The summed E-state index contributed by atoms with van der Waals surface area (Å²) in [6.45, 7) is 7.95. The third-order valence-electron chi connectivity index (χ3n) is 2.97. The quantitative estimate of drug-likeness (QED) is 0.708. The van der Waals surface area contributed by atoms with E-state index in [1.165, 1.54) is 12.1 Å². The first kappa shape index (κ1) is 16.9. The highest BCUT2D eigenvalue weighted by Crippen LogP contribution is 2.21. The Labute approximate surface area is 121 Å². The summed E-state index contributed by atoms with van der Waals surface area (Å²) in [4.78, 5) is 0. The molecule has 4 heteroatoms. The van der Waals surface area contributed by atoms with E-state index in [0.29, 0.717) is 31.3 Å². The molecule has 0 bridgehead atoms. The lowest BCUT2D eigenvalue weighted by molar-refractivity contribution is 0.0816. The Hall–Kier alpha value is -1.13. The van der Waals surface area contributed by atoms with Crippen LogP contribution in [0.15, 0.2) is 18.2 Å². The van der Waals surface area contributed by atoms with Crippen LogP contribution in [0.25, 0.3) is 0 Å². The van der Waals surface area contributed by atoms with Crippen LogP contribution in [0.2, 0.25) is 0 Å². The monoisotopic (exact) mass is 283 g/mol. The molecule has 0 aliphatic rings. The van der Waals surface area contributed by atoms with Crippen LogP contribution in [0, 0.1) is 11.7 Å². The van der Waals surface area contributed by atoms with Gasteiger partial charge >= 0.3 is 0 Å². The maximum atomic E-state index is 13.3. The number of nitrogens with two attached hydrogens (primary N) is 1. The third-order valence-corrected chi connectivity index (χ3v) is 2.97. The molecule has 114 valence electrons. The van der Waals surface area contributed by atoms with Gasteiger partial charge in [0.05, 0.1) is 6.61 Å². The fraction of sp³-hybridized carbons (Fsp3) is 0.625. The number of hydrogen-bond donors (Lipinski definition) is 1. The maximum absolute atomic E-state index is 13.3. The van der Waals surface area contributed by atoms with Crippen LogP contribution >= 0.6 is 0 Å². The predicted molar refractivity (Wildman–Crippen MR) is 79.5 cm³/mol. The Kier molecular flexibility index (Phi) is 7.55. The second-order valence-corrected chi connectivity index (χ2v) is 5.44. The molecule has 0 fully saturated rings. The minimum absolute atomic E-state index is 0.0244. The summed E-state index contributed by atoms with van der Waals surface area (Å²) in [5, 5.41) is 0. The van der Waals surface area contributed by atoms with Crippen LogP contribution in [0.5, 0.6) is 5.75 Å². The fourth-order valence-corrected chi connectivity index (χ4v) is 1.80. The van der Waals surface area contributed by atoms with Crippen molar-refractivity contribution >= 4 is 0 Å². The van der Waals surface area contributed by atoms with E-state index in [-0.39, 0.29) is 11.9 Å². The zero-order valence-electron chi connectivity index (χ0n) is 12.7. The standard InChI is InChI=1S/C16H26FNO2/c1-4-15(18)10-13-9-14(17)5-6-16(13)20-8-7-19-11-12(2)3/h5-6,9,12,15H,4,7-8,10-11,18H2,1-3H3. The topological polar surface area (TPSA) is 44.5 Å². The largest absolute Gasteiger partial charge is 0.491 e. The summed E-state index contributed by atoms with van der Waals surface area (Å²) in [5.74, 6) is 0.953. The molecule has 0 saturated carbocycles. The molecule has 20 heavy (non-hydrogen) atoms. The van der Waals surface area contributed by atoms with Gasteiger partial charge in [-0.05, 0) is 42.5 Å². The van der Waals surface area contributed by atoms with Crippen LogP contribution in [-0.4, -0.2) is 25.9 Å². The van der Waals surface area contributed by atoms with Crippen LogP contribution in [0.4, 0.5) is 4.39 Å². The zero-order chi connectivity index (χ0) is 15.0. The van der Waals surface area contributed by atoms with E-state index < -0.39 is 0 Å². The molecule has 0 heterocycles. The number of halogens is 1. The molecule has 2 N–H and O–H groups in total. The van der Waals surface area contributed by atoms with Gasteiger partial charge < -0.3 is 15.2 Å². The highest BCUT2D eigenvalue weighted by atomic mass is 19.1. The average molecular weight is 283 g/mol. The second-order valence-electron chi connectivity index (χ2n) is 5.44. The summed E-state index contributed by atoms with van der Waals surface area (Å²) in [5.41, 5.74) is 6.75. The molecule has 0 spiro atoms. The predicted octanol–water partition coefficient (Wildman–Crippen LogP) is 3.16. The van der Waals surface area contributed by atoms with Gasteiger partial charge in [-0.3, -0.25) is 0 Å². The highest BCUT2D eigenvalue weighted by Gasteiger charge is 2.09. The van der Waals surface area contributed by atoms with Gasteiger partial charge in [0.15, 0.2) is 0 Å². The van der Waals surface area contributed by atoms with Crippen molar-refractivity contribution in [2.24, 2.45) is 11.7 Å². The fourth-order valence-electron chi connectivity index (χ4n) is 1.80. The molecule has 0 aromatic heterocycles. The Bertz CT molecular complexity index is 396. The van der Waals surface area contributed by atoms with E-state index in [4.69, 9.17) is 15.2 Å². The molecule has 0 saturated heterocycles. The van der Waals surface area contributed by atoms with E-state index in [9.17, 15) is 4.39 Å². The van der Waals surface area contributed by atoms with Gasteiger partial charge in [-0.2, -0.15) is 0 Å². The molecular formula is C16H26FNO2. The summed E-state index contributed by atoms with van der Waals surface area (Å²) >= 11 is 0. The highest BCUT2D eigenvalue weighted by molar-refractivity contribution is 5.34. The second kappa shape index (κ2) is 8.93. The minimum Gasteiger partial charge on any atom is -0.491 e. The number of ether oxygens (including phenoxy) is 2. The summed E-state index contributed by atoms with van der Waals surface area (Å²) < 4.78 is 24.4. The lowest BCUT2D eigenvalue weighted by atomic mass is 10.0. The Morgan fingerprint density at radius 1 is 1.25 bits per heavy atom. The van der Waals surface area contributed by atoms with E-state index in [1.807, 2.05) is 6.92 Å². The normalized spacial score (nSPS) is 12.7. The molecule has 1 aromatic carbocycles. The molecule has 1 rings (SSSR count). The molecule has 0 radical (unpaired) electrons. The molecule has 1 aromatic rings. The Balaban J connectivity index is 2.51. The van der Waals surface area contributed by atoms with Crippen LogP contribution < -0.4 is 10.5 Å². The Morgan fingerprint density at radius 2 is 2.00 bits per heavy atom. The first-order chi connectivity index (χ1) is 9.52. The lowest BCUT2D eigenvalue weighted by Crippen LogP contribution is -2.22.